The molecule has 0 saturated carbocycles. The molecule has 2 nitrogen and oxygen atoms in total. The summed E-state index contributed by atoms with van der Waals surface area (Å²) in [4.78, 5) is 0. The number of nitrogens with one attached hydrogen (secondary N) is 1. The minimum atomic E-state index is 0. The fraction of sp³-hybridized carbons (Fsp3) is 1.00. The summed E-state index contributed by atoms with van der Waals surface area (Å²) < 4.78 is 0. The fourth-order valence-electron chi connectivity index (χ4n) is 0. The van der Waals surface area contributed by atoms with Crippen molar-refractivity contribution in [3.63, 3.8) is 0 Å². The van der Waals surface area contributed by atoms with Crippen LogP contribution in [0.5, 0.6) is 0 Å². The Labute approximate surface area is 98.9 Å². The Hall–Kier alpha value is 2.40. The molecule has 0 unspecified atom stereocenters. The summed E-state index contributed by atoms with van der Waals surface area (Å²) in [5.74, 6) is 0. The Balaban J connectivity index is -0.00000000750. The molecule has 0 spiro atoms. The van der Waals surface area contributed by atoms with Crippen molar-refractivity contribution in [2.45, 2.75) is 0 Å². The Bertz CT molecular complexity index is 20.0. The van der Waals surface area contributed by atoms with Crippen LogP contribution in [0.2, 0.25) is 0 Å². The van der Waals surface area contributed by atoms with E-state index in [2.05, 4.69) is 0 Å². The van der Waals surface area contributed by atoms with Crippen molar-refractivity contribution in [1.82, 2.24) is 0 Å². The van der Waals surface area contributed by atoms with E-state index >= 15 is 0 Å². The molecule has 0 atom stereocenters. The third-order valence-electron chi connectivity index (χ3n) is 0.144. The van der Waals surface area contributed by atoms with Crippen molar-refractivity contribution >= 4 is 0 Å². The predicted molar refractivity (Wildman–Crippen MR) is 19.4 cm³/mol. The molecule has 0 aromatic heterocycles. The zero-order valence-corrected chi connectivity index (χ0v) is 10.4. The van der Waals surface area contributed by atoms with Crippen LogP contribution in [-0.2, 0) is 44.8 Å². The molecule has 1 radical (unpaired) electrons. The number of rotatable bonds is 1. The standard InChI is InChI=1S/C2H7N2.2Au.Na.H/c3-1-2-4;;;;/h3H,1-2,4H2;;;;/q-1;;2*+1;-1. The van der Waals surface area contributed by atoms with E-state index in [-0.39, 0.29) is 75.7 Å². The smallest absolute Gasteiger partial charge is 1.00 e. The first-order valence-corrected chi connectivity index (χ1v) is 1.26. The van der Waals surface area contributed by atoms with Gasteiger partial charge in [-0.3, -0.25) is 0 Å². The second-order valence-corrected chi connectivity index (χ2v) is 0.539. The van der Waals surface area contributed by atoms with Gasteiger partial charge in [-0.05, 0) is 6.54 Å². The molecule has 7 heavy (non-hydrogen) atoms. The average molecular weight is 477 g/mol. The molecule has 0 aliphatic rings. The summed E-state index contributed by atoms with van der Waals surface area (Å²) in [6.07, 6.45) is 0. The Morgan fingerprint density at radius 3 is 1.71 bits per heavy atom. The third kappa shape index (κ3) is 29.8. The zero-order valence-electron chi connectivity index (χ0n) is 5.09. The first-order valence-electron chi connectivity index (χ1n) is 1.26. The van der Waals surface area contributed by atoms with Crippen molar-refractivity contribution in [2.24, 2.45) is 5.73 Å². The Morgan fingerprint density at radius 1 is 1.57 bits per heavy atom. The van der Waals surface area contributed by atoms with Gasteiger partial charge in [0.2, 0.25) is 0 Å². The van der Waals surface area contributed by atoms with Crippen LogP contribution in [0, 0.1) is 0 Å². The molecule has 0 aromatic rings. The molecular weight excluding hydrogens is 469 g/mol. The van der Waals surface area contributed by atoms with Gasteiger partial charge in [0.15, 0.2) is 0 Å². The van der Waals surface area contributed by atoms with Crippen LogP contribution >= 0.6 is 0 Å². The van der Waals surface area contributed by atoms with Crippen LogP contribution < -0.4 is 35.3 Å². The van der Waals surface area contributed by atoms with Gasteiger partial charge in [-0.1, -0.05) is 0 Å². The molecule has 0 aliphatic heterocycles. The van der Waals surface area contributed by atoms with Gasteiger partial charge in [0.25, 0.3) is 0 Å². The molecule has 0 aromatic carbocycles. The van der Waals surface area contributed by atoms with Crippen molar-refractivity contribution in [3.8, 4) is 0 Å². The third-order valence-corrected chi connectivity index (χ3v) is 0.144. The molecule has 0 saturated heterocycles. The second-order valence-electron chi connectivity index (χ2n) is 0.539. The normalized spacial score (nSPS) is 4.29. The quantitative estimate of drug-likeness (QED) is 0.406. The maximum atomic E-state index is 6.33. The van der Waals surface area contributed by atoms with Gasteiger partial charge in [0, 0.05) is 22.4 Å². The topological polar surface area (TPSA) is 49.8 Å². The summed E-state index contributed by atoms with van der Waals surface area (Å²) >= 11 is 0. The van der Waals surface area contributed by atoms with Gasteiger partial charge in [-0.15, -0.1) is 6.54 Å². The summed E-state index contributed by atoms with van der Waals surface area (Å²) in [6, 6.07) is 0. The van der Waals surface area contributed by atoms with E-state index < -0.39 is 0 Å². The van der Waals surface area contributed by atoms with Gasteiger partial charge in [0.1, 0.15) is 0 Å². The van der Waals surface area contributed by atoms with E-state index in [9.17, 15) is 0 Å². The maximum absolute atomic E-state index is 6.33. The number of hydrogen-bond donors (Lipinski definition) is 1. The van der Waals surface area contributed by atoms with Crippen LogP contribution in [0.1, 0.15) is 1.43 Å². The van der Waals surface area contributed by atoms with E-state index in [0.29, 0.717) is 13.1 Å². The van der Waals surface area contributed by atoms with Crippen molar-refractivity contribution in [3.05, 3.63) is 5.73 Å². The first kappa shape index (κ1) is 22.7. The average Bonchev–Trinajstić information content (AvgIpc) is 1.37. The van der Waals surface area contributed by atoms with E-state index in [1.165, 1.54) is 0 Å². The van der Waals surface area contributed by atoms with Gasteiger partial charge < -0.3 is 12.9 Å². The Morgan fingerprint density at radius 2 is 1.71 bits per heavy atom. The van der Waals surface area contributed by atoms with Crippen LogP contribution in [-0.4, -0.2) is 13.1 Å². The minimum Gasteiger partial charge on any atom is -1.00 e. The minimum absolute atomic E-state index is 0. The van der Waals surface area contributed by atoms with Gasteiger partial charge in [-0.2, -0.15) is 0 Å². The van der Waals surface area contributed by atoms with Gasteiger partial charge >= 0.3 is 51.9 Å². The predicted octanol–water partition coefficient (Wildman–Crippen LogP) is -2.89. The van der Waals surface area contributed by atoms with E-state index in [1.807, 2.05) is 0 Å². The SMILES string of the molecule is [Au+].[Au].[H-].[NH-]CCN.[Na+]. The van der Waals surface area contributed by atoms with E-state index in [1.54, 1.807) is 0 Å². The summed E-state index contributed by atoms with van der Waals surface area (Å²) in [7, 11) is 0. The summed E-state index contributed by atoms with van der Waals surface area (Å²) in [5.41, 5.74) is 11.2. The molecule has 3 N–H and O–H groups in total. The van der Waals surface area contributed by atoms with Crippen LogP contribution in [0.25, 0.3) is 5.73 Å². The van der Waals surface area contributed by atoms with Crippen molar-refractivity contribution in [2.75, 3.05) is 13.1 Å². The molecule has 49 valence electrons. The molecular formula is C2H8Au2N2Na. The van der Waals surface area contributed by atoms with Crippen LogP contribution in [0.3, 0.4) is 0 Å². The molecule has 0 amide bonds. The molecule has 0 fully saturated rings. The molecule has 5 heteroatoms. The van der Waals surface area contributed by atoms with Crippen LogP contribution in [0.4, 0.5) is 0 Å². The number of hydrogen-bond acceptors (Lipinski definition) is 1. The maximum Gasteiger partial charge on any atom is 1.00 e. The first-order chi connectivity index (χ1) is 1.91. The van der Waals surface area contributed by atoms with Gasteiger partial charge in [0.05, 0.1) is 0 Å². The van der Waals surface area contributed by atoms with E-state index in [4.69, 9.17) is 11.5 Å². The zero-order chi connectivity index (χ0) is 3.41. The van der Waals surface area contributed by atoms with E-state index in [0.717, 1.165) is 0 Å². The fourth-order valence-corrected chi connectivity index (χ4v) is 0. The number of nitrogens with two attached hydrogens (primary N) is 1. The van der Waals surface area contributed by atoms with Gasteiger partial charge in [-0.25, -0.2) is 0 Å². The molecule has 0 heterocycles. The second kappa shape index (κ2) is 23.8. The van der Waals surface area contributed by atoms with Crippen LogP contribution in [0.15, 0.2) is 0 Å². The molecule has 0 rings (SSSR count). The van der Waals surface area contributed by atoms with Crippen molar-refractivity contribution in [1.29, 1.82) is 0 Å². The summed E-state index contributed by atoms with van der Waals surface area (Å²) in [6.45, 7) is 0.833. The monoisotopic (exact) mass is 477 g/mol. The Kier molecular flexibility index (Phi) is 77.2. The largest absolute Gasteiger partial charge is 1.00 e. The van der Waals surface area contributed by atoms with Crippen molar-refractivity contribution < 1.29 is 75.7 Å². The molecule has 0 aliphatic carbocycles. The summed E-state index contributed by atoms with van der Waals surface area (Å²) in [5, 5.41) is 0. The molecule has 0 bridgehead atoms.